The third-order valence-electron chi connectivity index (χ3n) is 2.57. The van der Waals surface area contributed by atoms with Crippen molar-refractivity contribution in [3.8, 4) is 11.5 Å². The molecule has 0 spiro atoms. The zero-order chi connectivity index (χ0) is 13.0. The molecule has 0 saturated heterocycles. The Balaban J connectivity index is 2.87. The Labute approximate surface area is 100 Å². The van der Waals surface area contributed by atoms with E-state index in [2.05, 4.69) is 5.32 Å². The van der Waals surface area contributed by atoms with Gasteiger partial charge < -0.3 is 14.9 Å². The molecule has 0 aliphatic heterocycles. The van der Waals surface area contributed by atoms with E-state index in [-0.39, 0.29) is 11.8 Å². The van der Waals surface area contributed by atoms with Crippen molar-refractivity contribution in [2.75, 3.05) is 7.11 Å². The first-order chi connectivity index (χ1) is 7.95. The Morgan fingerprint density at radius 1 is 1.41 bits per heavy atom. The highest BCUT2D eigenvalue weighted by atomic mass is 16.5. The van der Waals surface area contributed by atoms with Crippen LogP contribution in [0.5, 0.6) is 11.5 Å². The maximum absolute atomic E-state index is 10.7. The average molecular weight is 239 g/mol. The van der Waals surface area contributed by atoms with Crippen molar-refractivity contribution in [3.63, 3.8) is 0 Å². The molecule has 3 N–H and O–H groups in total. The van der Waals surface area contributed by atoms with Gasteiger partial charge in [-0.15, -0.1) is 0 Å². The monoisotopic (exact) mass is 239 g/mol. The number of hydrogen-bond donors (Lipinski definition) is 3. The lowest BCUT2D eigenvalue weighted by molar-refractivity contribution is -0.139. The number of aromatic hydroxyl groups is 1. The van der Waals surface area contributed by atoms with Crippen molar-refractivity contribution >= 4 is 5.97 Å². The summed E-state index contributed by atoms with van der Waals surface area (Å²) in [7, 11) is 1.54. The first-order valence-corrected chi connectivity index (χ1v) is 5.31. The van der Waals surface area contributed by atoms with Gasteiger partial charge in [0.2, 0.25) is 0 Å². The number of methoxy groups -OCH3 is 1. The summed E-state index contributed by atoms with van der Waals surface area (Å²) in [5.41, 5.74) is 0.609. The third-order valence-corrected chi connectivity index (χ3v) is 2.57. The van der Waals surface area contributed by atoms with Crippen LogP contribution in [-0.2, 0) is 4.79 Å². The molecule has 1 rings (SSSR count). The Morgan fingerprint density at radius 2 is 2.06 bits per heavy atom. The minimum absolute atomic E-state index is 0.114. The molecule has 1 aromatic carbocycles. The fourth-order valence-electron chi connectivity index (χ4n) is 1.54. The van der Waals surface area contributed by atoms with Crippen LogP contribution in [0.4, 0.5) is 0 Å². The van der Waals surface area contributed by atoms with E-state index in [9.17, 15) is 9.90 Å². The fourth-order valence-corrected chi connectivity index (χ4v) is 1.54. The van der Waals surface area contributed by atoms with E-state index in [4.69, 9.17) is 9.84 Å². The summed E-state index contributed by atoms with van der Waals surface area (Å²) in [6.07, 6.45) is 0. The highest BCUT2D eigenvalue weighted by Crippen LogP contribution is 2.28. The topological polar surface area (TPSA) is 78.8 Å². The number of rotatable bonds is 5. The van der Waals surface area contributed by atoms with Crippen LogP contribution in [-0.4, -0.2) is 29.3 Å². The summed E-state index contributed by atoms with van der Waals surface area (Å²) < 4.78 is 5.06. The van der Waals surface area contributed by atoms with Crippen LogP contribution in [0.1, 0.15) is 25.5 Å². The van der Waals surface area contributed by atoms with Gasteiger partial charge in [0, 0.05) is 11.6 Å². The molecule has 0 bridgehead atoms. The van der Waals surface area contributed by atoms with E-state index in [1.807, 2.05) is 0 Å². The predicted molar refractivity (Wildman–Crippen MR) is 63.3 cm³/mol. The Morgan fingerprint density at radius 3 is 2.59 bits per heavy atom. The predicted octanol–water partition coefficient (Wildman–Crippen LogP) is 1.52. The second-order valence-electron chi connectivity index (χ2n) is 3.87. The van der Waals surface area contributed by atoms with Gasteiger partial charge in [-0.3, -0.25) is 10.1 Å². The van der Waals surface area contributed by atoms with Crippen molar-refractivity contribution in [1.29, 1.82) is 0 Å². The van der Waals surface area contributed by atoms with Crippen molar-refractivity contribution < 1.29 is 19.7 Å². The van der Waals surface area contributed by atoms with Crippen LogP contribution < -0.4 is 10.1 Å². The van der Waals surface area contributed by atoms with Gasteiger partial charge >= 0.3 is 5.97 Å². The van der Waals surface area contributed by atoms with Crippen LogP contribution in [0.25, 0.3) is 0 Å². The molecule has 0 amide bonds. The quantitative estimate of drug-likeness (QED) is 0.726. The maximum Gasteiger partial charge on any atom is 0.320 e. The molecule has 2 unspecified atom stereocenters. The molecule has 5 heteroatoms. The smallest absolute Gasteiger partial charge is 0.320 e. The molecule has 0 aliphatic carbocycles. The first kappa shape index (κ1) is 13.3. The molecule has 0 aliphatic rings. The number of ether oxygens (including phenoxy) is 1. The van der Waals surface area contributed by atoms with Gasteiger partial charge in [-0.1, -0.05) is 0 Å². The molecule has 5 nitrogen and oxygen atoms in total. The minimum atomic E-state index is -0.931. The zero-order valence-corrected chi connectivity index (χ0v) is 10.1. The lowest BCUT2D eigenvalue weighted by Crippen LogP contribution is -2.35. The number of nitrogens with one attached hydrogen (secondary N) is 1. The summed E-state index contributed by atoms with van der Waals surface area (Å²) in [4.78, 5) is 10.7. The van der Waals surface area contributed by atoms with Crippen molar-refractivity contribution in [2.45, 2.75) is 25.9 Å². The molecule has 0 radical (unpaired) electrons. The molecule has 94 valence electrons. The molecule has 0 saturated carbocycles. The summed E-state index contributed by atoms with van der Waals surface area (Å²) in [5.74, 6) is -0.197. The van der Waals surface area contributed by atoms with Gasteiger partial charge in [0.1, 0.15) is 17.5 Å². The van der Waals surface area contributed by atoms with Crippen LogP contribution in [0.3, 0.4) is 0 Å². The fraction of sp³-hybridized carbons (Fsp3) is 0.417. The highest BCUT2D eigenvalue weighted by molar-refractivity contribution is 5.72. The Hall–Kier alpha value is -1.75. The number of carboxylic acids is 1. The number of aliphatic carboxylic acids is 1. The number of benzene rings is 1. The number of carboxylic acid groups (broad SMARTS) is 1. The second kappa shape index (κ2) is 5.54. The van der Waals surface area contributed by atoms with Crippen molar-refractivity contribution in [1.82, 2.24) is 5.32 Å². The number of phenols is 1. The maximum atomic E-state index is 10.7. The van der Waals surface area contributed by atoms with Gasteiger partial charge in [0.15, 0.2) is 0 Å². The standard InChI is InChI=1S/C12H17NO4/c1-7(13-8(2)12(15)16)10-6-9(17-3)4-5-11(10)14/h4-8,13-14H,1-3H3,(H,15,16). The SMILES string of the molecule is COc1ccc(O)c(C(C)NC(C)C(=O)O)c1. The normalized spacial score (nSPS) is 14.1. The second-order valence-corrected chi connectivity index (χ2v) is 3.87. The van der Waals surface area contributed by atoms with E-state index < -0.39 is 12.0 Å². The van der Waals surface area contributed by atoms with E-state index in [0.29, 0.717) is 11.3 Å². The number of hydrogen-bond acceptors (Lipinski definition) is 4. The van der Waals surface area contributed by atoms with E-state index in [1.54, 1.807) is 26.0 Å². The van der Waals surface area contributed by atoms with Gasteiger partial charge in [-0.05, 0) is 32.0 Å². The van der Waals surface area contributed by atoms with Crippen molar-refractivity contribution in [2.24, 2.45) is 0 Å². The summed E-state index contributed by atoms with van der Waals surface area (Å²) in [6.45, 7) is 3.34. The lowest BCUT2D eigenvalue weighted by atomic mass is 10.1. The lowest BCUT2D eigenvalue weighted by Gasteiger charge is -2.19. The molecule has 2 atom stereocenters. The number of phenolic OH excluding ortho intramolecular Hbond substituents is 1. The van der Waals surface area contributed by atoms with E-state index in [0.717, 1.165) is 0 Å². The Kier molecular flexibility index (Phi) is 4.34. The molecule has 0 heterocycles. The largest absolute Gasteiger partial charge is 0.508 e. The Bertz CT molecular complexity index is 405. The molecule has 17 heavy (non-hydrogen) atoms. The molecular formula is C12H17NO4. The molecule has 0 aromatic heterocycles. The van der Waals surface area contributed by atoms with Crippen LogP contribution >= 0.6 is 0 Å². The minimum Gasteiger partial charge on any atom is -0.508 e. The van der Waals surface area contributed by atoms with Crippen molar-refractivity contribution in [3.05, 3.63) is 23.8 Å². The average Bonchev–Trinajstić information content (AvgIpc) is 2.29. The zero-order valence-electron chi connectivity index (χ0n) is 10.1. The molecule has 1 aromatic rings. The van der Waals surface area contributed by atoms with Gasteiger partial charge in [-0.25, -0.2) is 0 Å². The summed E-state index contributed by atoms with van der Waals surface area (Å²) in [5, 5.41) is 21.4. The number of carbonyl (C=O) groups is 1. The van der Waals surface area contributed by atoms with Crippen LogP contribution in [0, 0.1) is 0 Å². The van der Waals surface area contributed by atoms with Crippen LogP contribution in [0.15, 0.2) is 18.2 Å². The van der Waals surface area contributed by atoms with E-state index >= 15 is 0 Å². The molecular weight excluding hydrogens is 222 g/mol. The van der Waals surface area contributed by atoms with Gasteiger partial charge in [-0.2, -0.15) is 0 Å². The third kappa shape index (κ3) is 3.35. The molecule has 0 fully saturated rings. The van der Waals surface area contributed by atoms with E-state index in [1.165, 1.54) is 13.2 Å². The summed E-state index contributed by atoms with van der Waals surface area (Å²) in [6, 6.07) is 3.89. The summed E-state index contributed by atoms with van der Waals surface area (Å²) >= 11 is 0. The van der Waals surface area contributed by atoms with Crippen LogP contribution in [0.2, 0.25) is 0 Å². The van der Waals surface area contributed by atoms with Gasteiger partial charge in [0.05, 0.1) is 7.11 Å². The highest BCUT2D eigenvalue weighted by Gasteiger charge is 2.17. The van der Waals surface area contributed by atoms with Gasteiger partial charge in [0.25, 0.3) is 0 Å². The first-order valence-electron chi connectivity index (χ1n) is 5.31.